The van der Waals surface area contributed by atoms with Crippen molar-refractivity contribution >= 4 is 11.9 Å². The fraction of sp³-hybridized carbons (Fsp3) is 0.882. The molecule has 0 aliphatic carbocycles. The molecule has 0 aromatic rings. The number of esters is 1. The van der Waals surface area contributed by atoms with Crippen molar-refractivity contribution in [1.82, 2.24) is 5.32 Å². The zero-order valence-corrected chi connectivity index (χ0v) is 15.8. The average molecular weight is 377 g/mol. The van der Waals surface area contributed by atoms with Gasteiger partial charge in [0.1, 0.15) is 30.0 Å². The van der Waals surface area contributed by atoms with Crippen molar-refractivity contribution in [3.05, 3.63) is 0 Å². The molecule has 1 aliphatic rings. The number of carbonyl (C=O) groups is 2. The Labute approximate surface area is 153 Å². The van der Waals surface area contributed by atoms with Gasteiger partial charge >= 0.3 is 5.97 Å². The molecule has 1 saturated heterocycles. The molecule has 0 radical (unpaired) electrons. The summed E-state index contributed by atoms with van der Waals surface area (Å²) in [4.78, 5) is 22.9. The molecular weight excluding hydrogens is 346 g/mol. The van der Waals surface area contributed by atoms with E-state index in [-0.39, 0.29) is 19.0 Å². The van der Waals surface area contributed by atoms with Crippen molar-refractivity contribution in [2.75, 3.05) is 13.2 Å². The van der Waals surface area contributed by atoms with E-state index in [0.29, 0.717) is 12.8 Å². The molecule has 152 valence electrons. The van der Waals surface area contributed by atoms with Gasteiger partial charge < -0.3 is 34.8 Å². The molecule has 0 aromatic carbocycles. The standard InChI is InChI=1S/C17H31NO8/c1-10(20)18-13-15(23)14(22)11(9-19)25-16(13)24-8-6-5-7-12(21)26-17(2,3)4/h11,13-16,19,22-23H,5-9H2,1-4H3,(H,18,20). The lowest BCUT2D eigenvalue weighted by Crippen LogP contribution is -2.64. The van der Waals surface area contributed by atoms with Crippen LogP contribution in [0.1, 0.15) is 47.0 Å². The number of unbranched alkanes of at least 4 members (excludes halogenated alkanes) is 1. The van der Waals surface area contributed by atoms with Gasteiger partial charge in [0, 0.05) is 20.0 Å². The highest BCUT2D eigenvalue weighted by atomic mass is 16.7. The first-order chi connectivity index (χ1) is 12.0. The Bertz CT molecular complexity index is 464. The number of aliphatic hydroxyl groups is 3. The maximum absolute atomic E-state index is 11.6. The van der Waals surface area contributed by atoms with Crippen molar-refractivity contribution in [1.29, 1.82) is 0 Å². The molecule has 26 heavy (non-hydrogen) atoms. The number of aliphatic hydroxyl groups excluding tert-OH is 3. The average Bonchev–Trinajstić information content (AvgIpc) is 2.51. The maximum atomic E-state index is 11.6. The van der Waals surface area contributed by atoms with Crippen molar-refractivity contribution in [3.63, 3.8) is 0 Å². The number of rotatable bonds is 8. The van der Waals surface area contributed by atoms with Gasteiger partial charge in [0.25, 0.3) is 0 Å². The van der Waals surface area contributed by atoms with Crippen LogP contribution in [0.3, 0.4) is 0 Å². The van der Waals surface area contributed by atoms with Crippen LogP contribution in [0.4, 0.5) is 0 Å². The summed E-state index contributed by atoms with van der Waals surface area (Å²) in [6.07, 6.45) is -3.38. The van der Waals surface area contributed by atoms with E-state index in [2.05, 4.69) is 5.32 Å². The van der Waals surface area contributed by atoms with Crippen molar-refractivity contribution < 1.29 is 39.1 Å². The first-order valence-corrected chi connectivity index (χ1v) is 8.78. The second-order valence-electron chi connectivity index (χ2n) is 7.35. The molecule has 0 aromatic heterocycles. The Balaban J connectivity index is 2.46. The molecule has 4 N–H and O–H groups in total. The topological polar surface area (TPSA) is 135 Å². The number of ether oxygens (including phenoxy) is 3. The van der Waals surface area contributed by atoms with Gasteiger partial charge in [-0.2, -0.15) is 0 Å². The molecule has 1 heterocycles. The summed E-state index contributed by atoms with van der Waals surface area (Å²) in [6, 6.07) is -0.962. The monoisotopic (exact) mass is 377 g/mol. The predicted molar refractivity (Wildman–Crippen MR) is 91.0 cm³/mol. The number of carbonyl (C=O) groups excluding carboxylic acids is 2. The highest BCUT2D eigenvalue weighted by molar-refractivity contribution is 5.73. The van der Waals surface area contributed by atoms with Gasteiger partial charge in [-0.15, -0.1) is 0 Å². The normalized spacial score (nSPS) is 29.3. The van der Waals surface area contributed by atoms with Crippen molar-refractivity contribution in [3.8, 4) is 0 Å². The van der Waals surface area contributed by atoms with Crippen LogP contribution in [0, 0.1) is 0 Å². The first kappa shape index (κ1) is 22.8. The van der Waals surface area contributed by atoms with Gasteiger partial charge in [-0.1, -0.05) is 0 Å². The second-order valence-corrected chi connectivity index (χ2v) is 7.35. The Hall–Kier alpha value is -1.26. The van der Waals surface area contributed by atoms with E-state index >= 15 is 0 Å². The molecule has 9 heteroatoms. The van der Waals surface area contributed by atoms with Crippen LogP contribution in [0.5, 0.6) is 0 Å². The SMILES string of the molecule is CC(=O)NC1C(OCCCCC(=O)OC(C)(C)C)OC(CO)C(O)C1O. The van der Waals surface area contributed by atoms with Gasteiger partial charge in [-0.25, -0.2) is 0 Å². The van der Waals surface area contributed by atoms with Crippen molar-refractivity contribution in [2.45, 2.75) is 83.2 Å². The minimum Gasteiger partial charge on any atom is -0.460 e. The highest BCUT2D eigenvalue weighted by Crippen LogP contribution is 2.22. The van der Waals surface area contributed by atoms with E-state index in [0.717, 1.165) is 0 Å². The third kappa shape index (κ3) is 7.55. The van der Waals surface area contributed by atoms with Crippen LogP contribution in [0.25, 0.3) is 0 Å². The Morgan fingerprint density at radius 1 is 1.15 bits per heavy atom. The lowest BCUT2D eigenvalue weighted by Gasteiger charge is -2.42. The minimum absolute atomic E-state index is 0.213. The summed E-state index contributed by atoms with van der Waals surface area (Å²) >= 11 is 0. The molecule has 1 rings (SSSR count). The second kappa shape index (κ2) is 10.2. The fourth-order valence-electron chi connectivity index (χ4n) is 2.58. The molecule has 9 nitrogen and oxygen atoms in total. The Morgan fingerprint density at radius 2 is 1.81 bits per heavy atom. The van der Waals surface area contributed by atoms with Crippen LogP contribution in [0.2, 0.25) is 0 Å². The van der Waals surface area contributed by atoms with E-state index < -0.39 is 48.8 Å². The molecule has 5 unspecified atom stereocenters. The van der Waals surface area contributed by atoms with Gasteiger partial charge in [0.15, 0.2) is 6.29 Å². The van der Waals surface area contributed by atoms with Gasteiger partial charge in [0.05, 0.1) is 6.61 Å². The minimum atomic E-state index is -1.34. The van der Waals surface area contributed by atoms with Crippen LogP contribution < -0.4 is 5.32 Å². The zero-order chi connectivity index (χ0) is 19.9. The summed E-state index contributed by atoms with van der Waals surface area (Å²) < 4.78 is 16.2. The van der Waals surface area contributed by atoms with Gasteiger partial charge in [-0.05, 0) is 33.6 Å². The van der Waals surface area contributed by atoms with E-state index in [9.17, 15) is 24.9 Å². The highest BCUT2D eigenvalue weighted by Gasteiger charge is 2.45. The van der Waals surface area contributed by atoms with Crippen LogP contribution >= 0.6 is 0 Å². The fourth-order valence-corrected chi connectivity index (χ4v) is 2.58. The van der Waals surface area contributed by atoms with Crippen molar-refractivity contribution in [2.24, 2.45) is 0 Å². The molecule has 0 bridgehead atoms. The molecule has 0 spiro atoms. The number of nitrogens with one attached hydrogen (secondary N) is 1. The first-order valence-electron chi connectivity index (χ1n) is 8.78. The molecule has 1 amide bonds. The van der Waals surface area contributed by atoms with Gasteiger partial charge in [-0.3, -0.25) is 9.59 Å². The predicted octanol–water partition coefficient (Wildman–Crippen LogP) is -0.541. The van der Waals surface area contributed by atoms with E-state index in [1.165, 1.54) is 6.92 Å². The Kier molecular flexibility index (Phi) is 8.91. The molecule has 1 aliphatic heterocycles. The van der Waals surface area contributed by atoms with Crippen LogP contribution in [0.15, 0.2) is 0 Å². The lowest BCUT2D eigenvalue weighted by atomic mass is 9.97. The van der Waals surface area contributed by atoms with E-state index in [1.807, 2.05) is 0 Å². The number of amides is 1. The quantitative estimate of drug-likeness (QED) is 0.327. The Morgan fingerprint density at radius 3 is 2.35 bits per heavy atom. The zero-order valence-electron chi connectivity index (χ0n) is 15.8. The molecule has 5 atom stereocenters. The lowest BCUT2D eigenvalue weighted by molar-refractivity contribution is -0.270. The third-order valence-corrected chi connectivity index (χ3v) is 3.73. The van der Waals surface area contributed by atoms with Crippen LogP contribution in [-0.4, -0.2) is 76.7 Å². The summed E-state index contributed by atoms with van der Waals surface area (Å²) in [5, 5.41) is 31.8. The van der Waals surface area contributed by atoms with E-state index in [1.54, 1.807) is 20.8 Å². The van der Waals surface area contributed by atoms with E-state index in [4.69, 9.17) is 14.2 Å². The molecule has 0 saturated carbocycles. The molecular formula is C17H31NO8. The summed E-state index contributed by atoms with van der Waals surface area (Å²) in [7, 11) is 0. The number of hydrogen-bond donors (Lipinski definition) is 4. The summed E-state index contributed by atoms with van der Waals surface area (Å²) in [5.74, 6) is -0.702. The molecule has 1 fully saturated rings. The number of hydrogen-bond acceptors (Lipinski definition) is 8. The largest absolute Gasteiger partial charge is 0.460 e. The summed E-state index contributed by atoms with van der Waals surface area (Å²) in [5.41, 5.74) is -0.522. The van der Waals surface area contributed by atoms with Crippen LogP contribution in [-0.2, 0) is 23.8 Å². The summed E-state index contributed by atoms with van der Waals surface area (Å²) in [6.45, 7) is 6.39. The third-order valence-electron chi connectivity index (χ3n) is 3.73. The smallest absolute Gasteiger partial charge is 0.306 e. The maximum Gasteiger partial charge on any atom is 0.306 e. The van der Waals surface area contributed by atoms with Gasteiger partial charge in [0.2, 0.25) is 5.91 Å².